The first-order valence-corrected chi connectivity index (χ1v) is 7.83. The second-order valence-corrected chi connectivity index (χ2v) is 5.43. The monoisotopic (exact) mass is 339 g/mol. The summed E-state index contributed by atoms with van der Waals surface area (Å²) in [5.74, 6) is 0.725. The van der Waals surface area contributed by atoms with Gasteiger partial charge >= 0.3 is 0 Å². The van der Waals surface area contributed by atoms with E-state index in [2.05, 4.69) is 5.32 Å². The number of ether oxygens (including phenoxy) is 2. The summed E-state index contributed by atoms with van der Waals surface area (Å²) in [5, 5.41) is 12.1. The van der Waals surface area contributed by atoms with Gasteiger partial charge in [0.15, 0.2) is 12.4 Å². The lowest BCUT2D eigenvalue weighted by Gasteiger charge is -2.06. The van der Waals surface area contributed by atoms with E-state index in [9.17, 15) is 14.7 Å². The Morgan fingerprint density at radius 1 is 1.24 bits per heavy atom. The lowest BCUT2D eigenvalue weighted by molar-refractivity contribution is -0.122. The highest BCUT2D eigenvalue weighted by Crippen LogP contribution is 2.34. The number of benzene rings is 2. The van der Waals surface area contributed by atoms with Crippen LogP contribution in [-0.2, 0) is 4.79 Å². The van der Waals surface area contributed by atoms with Gasteiger partial charge in [0.25, 0.3) is 5.91 Å². The van der Waals surface area contributed by atoms with E-state index >= 15 is 0 Å². The largest absolute Gasteiger partial charge is 0.508 e. The Labute approximate surface area is 144 Å². The van der Waals surface area contributed by atoms with Crippen LogP contribution in [0.1, 0.15) is 22.8 Å². The van der Waals surface area contributed by atoms with Gasteiger partial charge in [0, 0.05) is 12.6 Å². The molecule has 6 heteroatoms. The topological polar surface area (TPSA) is 84.9 Å². The molecule has 6 nitrogen and oxygen atoms in total. The molecule has 0 fully saturated rings. The first-order chi connectivity index (χ1) is 12.1. The van der Waals surface area contributed by atoms with Gasteiger partial charge in [-0.25, -0.2) is 0 Å². The number of carbonyl (C=O) groups is 2. The second kappa shape index (κ2) is 7.09. The lowest BCUT2D eigenvalue weighted by atomic mass is 10.1. The van der Waals surface area contributed by atoms with Crippen LogP contribution in [0.2, 0.25) is 0 Å². The van der Waals surface area contributed by atoms with Crippen LogP contribution in [0, 0.1) is 0 Å². The third-order valence-electron chi connectivity index (χ3n) is 3.58. The second-order valence-electron chi connectivity index (χ2n) is 5.43. The molecular formula is C19H17NO5. The zero-order valence-corrected chi connectivity index (χ0v) is 13.6. The van der Waals surface area contributed by atoms with Crippen molar-refractivity contribution in [3.8, 4) is 17.2 Å². The number of likely N-dealkylation sites (N-methyl/N-ethyl adjacent to an activating group) is 1. The number of phenolic OH excluding ortho intramolecular Hbond substituents is 1. The average Bonchev–Trinajstić information content (AvgIpc) is 2.89. The number of phenols is 1. The number of hydrogen-bond donors (Lipinski definition) is 2. The minimum absolute atomic E-state index is 0.0430. The maximum absolute atomic E-state index is 12.3. The van der Waals surface area contributed by atoms with Crippen molar-refractivity contribution in [1.29, 1.82) is 0 Å². The zero-order valence-electron chi connectivity index (χ0n) is 13.6. The van der Waals surface area contributed by atoms with E-state index in [1.807, 2.05) is 6.92 Å². The number of carbonyl (C=O) groups excluding carboxylic acids is 2. The SMILES string of the molecule is CCNC(=O)COc1ccc(/C=C2\Oc3cc(O)ccc3C2=O)cc1. The van der Waals surface area contributed by atoms with Crippen molar-refractivity contribution in [2.24, 2.45) is 0 Å². The molecule has 0 aliphatic carbocycles. The van der Waals surface area contributed by atoms with E-state index in [1.54, 1.807) is 30.3 Å². The molecule has 0 saturated carbocycles. The van der Waals surface area contributed by atoms with Gasteiger partial charge in [-0.15, -0.1) is 0 Å². The van der Waals surface area contributed by atoms with E-state index in [0.29, 0.717) is 23.6 Å². The van der Waals surface area contributed by atoms with Crippen LogP contribution in [0.15, 0.2) is 48.2 Å². The molecule has 1 aliphatic heterocycles. The van der Waals surface area contributed by atoms with E-state index in [0.717, 1.165) is 5.56 Å². The first kappa shape index (κ1) is 16.6. The number of nitrogens with one attached hydrogen (secondary N) is 1. The minimum Gasteiger partial charge on any atom is -0.508 e. The van der Waals surface area contributed by atoms with Crippen molar-refractivity contribution in [3.63, 3.8) is 0 Å². The van der Waals surface area contributed by atoms with E-state index in [4.69, 9.17) is 9.47 Å². The number of allylic oxidation sites excluding steroid dienone is 1. The number of rotatable bonds is 5. The normalized spacial score (nSPS) is 14.1. The molecule has 0 atom stereocenters. The molecule has 0 bridgehead atoms. The smallest absolute Gasteiger partial charge is 0.257 e. The Balaban J connectivity index is 1.68. The van der Waals surface area contributed by atoms with Gasteiger partial charge in [-0.2, -0.15) is 0 Å². The fourth-order valence-corrected chi connectivity index (χ4v) is 2.38. The van der Waals surface area contributed by atoms with Crippen molar-refractivity contribution in [1.82, 2.24) is 5.32 Å². The van der Waals surface area contributed by atoms with Gasteiger partial charge in [0.1, 0.15) is 17.2 Å². The molecule has 0 saturated heterocycles. The summed E-state index contributed by atoms with van der Waals surface area (Å²) >= 11 is 0. The maximum Gasteiger partial charge on any atom is 0.257 e. The van der Waals surface area contributed by atoms with Crippen LogP contribution in [0.25, 0.3) is 6.08 Å². The van der Waals surface area contributed by atoms with E-state index in [1.165, 1.54) is 18.2 Å². The van der Waals surface area contributed by atoms with Gasteiger partial charge < -0.3 is 19.9 Å². The van der Waals surface area contributed by atoms with Crippen LogP contribution >= 0.6 is 0 Å². The van der Waals surface area contributed by atoms with Crippen LogP contribution in [-0.4, -0.2) is 29.9 Å². The molecule has 1 heterocycles. The molecule has 0 radical (unpaired) electrons. The first-order valence-electron chi connectivity index (χ1n) is 7.83. The summed E-state index contributed by atoms with van der Waals surface area (Å²) in [7, 11) is 0. The van der Waals surface area contributed by atoms with E-state index < -0.39 is 0 Å². The molecule has 3 rings (SSSR count). The molecular weight excluding hydrogens is 322 g/mol. The molecule has 128 valence electrons. The van der Waals surface area contributed by atoms with Crippen molar-refractivity contribution >= 4 is 17.8 Å². The van der Waals surface area contributed by atoms with E-state index in [-0.39, 0.29) is 29.8 Å². The Morgan fingerprint density at radius 2 is 2.00 bits per heavy atom. The Bertz CT molecular complexity index is 839. The fourth-order valence-electron chi connectivity index (χ4n) is 2.38. The Morgan fingerprint density at radius 3 is 2.72 bits per heavy atom. The van der Waals surface area contributed by atoms with Crippen molar-refractivity contribution in [2.75, 3.05) is 13.2 Å². The third kappa shape index (κ3) is 3.80. The molecule has 0 spiro atoms. The Hall–Kier alpha value is -3.28. The summed E-state index contributed by atoms with van der Waals surface area (Å²) in [5.41, 5.74) is 1.18. The number of amides is 1. The van der Waals surface area contributed by atoms with Gasteiger partial charge in [-0.3, -0.25) is 9.59 Å². The number of Topliss-reactive ketones (excluding diaryl/α,β-unsaturated/α-hetero) is 1. The molecule has 1 amide bonds. The van der Waals surface area contributed by atoms with Crippen molar-refractivity contribution < 1.29 is 24.2 Å². The summed E-state index contributed by atoms with van der Waals surface area (Å²) in [6.45, 7) is 2.35. The molecule has 2 aromatic carbocycles. The quantitative estimate of drug-likeness (QED) is 0.818. The molecule has 1 aliphatic rings. The summed E-state index contributed by atoms with van der Waals surface area (Å²) in [6.07, 6.45) is 1.62. The molecule has 0 aromatic heterocycles. The fraction of sp³-hybridized carbons (Fsp3) is 0.158. The molecule has 0 unspecified atom stereocenters. The average molecular weight is 339 g/mol. The summed E-state index contributed by atoms with van der Waals surface area (Å²) < 4.78 is 10.9. The Kier molecular flexibility index (Phi) is 4.70. The summed E-state index contributed by atoms with van der Waals surface area (Å²) in [6, 6.07) is 11.3. The van der Waals surface area contributed by atoms with Crippen molar-refractivity contribution in [3.05, 3.63) is 59.4 Å². The highest BCUT2D eigenvalue weighted by atomic mass is 16.5. The zero-order chi connectivity index (χ0) is 17.8. The third-order valence-corrected chi connectivity index (χ3v) is 3.58. The highest BCUT2D eigenvalue weighted by Gasteiger charge is 2.27. The van der Waals surface area contributed by atoms with Gasteiger partial charge in [0.05, 0.1) is 5.56 Å². The maximum atomic E-state index is 12.3. The van der Waals surface area contributed by atoms with Crippen LogP contribution in [0.5, 0.6) is 17.2 Å². The van der Waals surface area contributed by atoms with Gasteiger partial charge in [0.2, 0.25) is 5.78 Å². The van der Waals surface area contributed by atoms with Gasteiger partial charge in [-0.1, -0.05) is 12.1 Å². The number of ketones is 1. The predicted octanol–water partition coefficient (Wildman–Crippen LogP) is 2.52. The standard InChI is InChI=1S/C19H17NO5/c1-2-20-18(22)11-24-14-6-3-12(4-7-14)9-17-19(23)15-8-5-13(21)10-16(15)25-17/h3-10,21H,2,11H2,1H3,(H,20,22)/b17-9-. The highest BCUT2D eigenvalue weighted by molar-refractivity contribution is 6.14. The minimum atomic E-state index is -0.230. The van der Waals surface area contributed by atoms with Crippen molar-refractivity contribution in [2.45, 2.75) is 6.92 Å². The predicted molar refractivity (Wildman–Crippen MR) is 91.7 cm³/mol. The number of aromatic hydroxyl groups is 1. The number of hydrogen-bond acceptors (Lipinski definition) is 5. The summed E-state index contributed by atoms with van der Waals surface area (Å²) in [4.78, 5) is 23.6. The number of fused-ring (bicyclic) bond motifs is 1. The molecule has 2 aromatic rings. The van der Waals surface area contributed by atoms with Crippen LogP contribution in [0.3, 0.4) is 0 Å². The van der Waals surface area contributed by atoms with Crippen LogP contribution < -0.4 is 14.8 Å². The molecule has 2 N–H and O–H groups in total. The molecule has 25 heavy (non-hydrogen) atoms. The van der Waals surface area contributed by atoms with Gasteiger partial charge in [-0.05, 0) is 42.8 Å². The van der Waals surface area contributed by atoms with Crippen LogP contribution in [0.4, 0.5) is 0 Å². The lowest BCUT2D eigenvalue weighted by Crippen LogP contribution is -2.28.